The van der Waals surface area contributed by atoms with Crippen LogP contribution in [0.4, 0.5) is 18.9 Å². The first-order chi connectivity index (χ1) is 9.54. The molecule has 106 valence electrons. The Bertz CT molecular complexity index is 575. The van der Waals surface area contributed by atoms with Gasteiger partial charge >= 0.3 is 6.61 Å². The molecule has 20 heavy (non-hydrogen) atoms. The van der Waals surface area contributed by atoms with Crippen LogP contribution in [0.1, 0.15) is 5.56 Å². The maximum atomic E-state index is 13.2. The number of hydrogen-bond donors (Lipinski definition) is 1. The van der Waals surface area contributed by atoms with E-state index in [1.165, 1.54) is 24.3 Å². The number of hydrogen-bond acceptors (Lipinski definition) is 2. The molecule has 0 aliphatic rings. The maximum Gasteiger partial charge on any atom is 0.387 e. The minimum absolute atomic E-state index is 0.0715. The monoisotopic (exact) mass is 301 g/mol. The van der Waals surface area contributed by atoms with E-state index in [2.05, 4.69) is 10.1 Å². The first kappa shape index (κ1) is 14.5. The van der Waals surface area contributed by atoms with E-state index < -0.39 is 12.4 Å². The van der Waals surface area contributed by atoms with Crippen molar-refractivity contribution in [3.63, 3.8) is 0 Å². The zero-order valence-electron chi connectivity index (χ0n) is 10.2. The molecule has 0 atom stereocenters. The molecule has 0 spiro atoms. The summed E-state index contributed by atoms with van der Waals surface area (Å²) in [6, 6.07) is 10.6. The number of rotatable bonds is 5. The van der Waals surface area contributed by atoms with Crippen LogP contribution < -0.4 is 10.1 Å². The van der Waals surface area contributed by atoms with Crippen molar-refractivity contribution in [1.82, 2.24) is 0 Å². The summed E-state index contributed by atoms with van der Waals surface area (Å²) in [5.41, 5.74) is 1.43. The lowest BCUT2D eigenvalue weighted by molar-refractivity contribution is -0.0498. The number of halogens is 4. The Morgan fingerprint density at radius 2 is 1.80 bits per heavy atom. The van der Waals surface area contributed by atoms with Gasteiger partial charge in [-0.2, -0.15) is 8.78 Å². The SMILES string of the molecule is Fc1cc(CNc2ccc(OC(F)F)cc2)ccc1Cl. The fourth-order valence-corrected chi connectivity index (χ4v) is 1.73. The van der Waals surface area contributed by atoms with Crippen LogP contribution in [0.5, 0.6) is 5.75 Å². The topological polar surface area (TPSA) is 21.3 Å². The molecule has 0 unspecified atom stereocenters. The predicted molar refractivity (Wildman–Crippen MR) is 71.8 cm³/mol. The zero-order valence-corrected chi connectivity index (χ0v) is 11.0. The van der Waals surface area contributed by atoms with Gasteiger partial charge in [0.1, 0.15) is 11.6 Å². The average Bonchev–Trinajstić information content (AvgIpc) is 2.41. The largest absolute Gasteiger partial charge is 0.435 e. The quantitative estimate of drug-likeness (QED) is 0.865. The van der Waals surface area contributed by atoms with Crippen molar-refractivity contribution < 1.29 is 17.9 Å². The van der Waals surface area contributed by atoms with E-state index in [-0.39, 0.29) is 10.8 Å². The van der Waals surface area contributed by atoms with Crippen LogP contribution in [-0.4, -0.2) is 6.61 Å². The molecule has 0 aromatic heterocycles. The van der Waals surface area contributed by atoms with E-state index in [1.54, 1.807) is 18.2 Å². The highest BCUT2D eigenvalue weighted by molar-refractivity contribution is 6.30. The van der Waals surface area contributed by atoms with Crippen LogP contribution in [0.2, 0.25) is 5.02 Å². The second-order valence-corrected chi connectivity index (χ2v) is 4.41. The maximum absolute atomic E-state index is 13.2. The molecule has 1 N–H and O–H groups in total. The van der Waals surface area contributed by atoms with Gasteiger partial charge in [-0.3, -0.25) is 0 Å². The van der Waals surface area contributed by atoms with Crippen molar-refractivity contribution >= 4 is 17.3 Å². The van der Waals surface area contributed by atoms with Gasteiger partial charge < -0.3 is 10.1 Å². The minimum atomic E-state index is -2.84. The molecule has 0 heterocycles. The third kappa shape index (κ3) is 4.06. The van der Waals surface area contributed by atoms with Crippen molar-refractivity contribution in [2.45, 2.75) is 13.2 Å². The molecule has 0 saturated heterocycles. The molecular weight excluding hydrogens is 291 g/mol. The first-order valence-corrected chi connectivity index (χ1v) is 6.15. The lowest BCUT2D eigenvalue weighted by atomic mass is 10.2. The third-order valence-electron chi connectivity index (χ3n) is 2.56. The van der Waals surface area contributed by atoms with Gasteiger partial charge in [0.25, 0.3) is 0 Å². The Hall–Kier alpha value is -1.88. The molecule has 0 saturated carbocycles. The van der Waals surface area contributed by atoms with Crippen molar-refractivity contribution in [1.29, 1.82) is 0 Å². The highest BCUT2D eigenvalue weighted by atomic mass is 35.5. The Morgan fingerprint density at radius 3 is 2.40 bits per heavy atom. The predicted octanol–water partition coefficient (Wildman–Crippen LogP) is 4.69. The summed E-state index contributed by atoms with van der Waals surface area (Å²) < 4.78 is 41.4. The summed E-state index contributed by atoms with van der Waals surface area (Å²) in [4.78, 5) is 0. The van der Waals surface area contributed by atoms with E-state index >= 15 is 0 Å². The molecule has 2 aromatic rings. The van der Waals surface area contributed by atoms with Crippen LogP contribution in [0, 0.1) is 5.82 Å². The lowest BCUT2D eigenvalue weighted by Crippen LogP contribution is -2.02. The first-order valence-electron chi connectivity index (χ1n) is 5.77. The molecule has 6 heteroatoms. The van der Waals surface area contributed by atoms with Crippen molar-refractivity contribution in [2.75, 3.05) is 5.32 Å². The summed E-state index contributed by atoms with van der Waals surface area (Å²) in [6.45, 7) is -2.45. The molecule has 0 aliphatic heterocycles. The summed E-state index contributed by atoms with van der Waals surface area (Å²) in [6.07, 6.45) is 0. The molecule has 2 rings (SSSR count). The van der Waals surface area contributed by atoms with Gasteiger partial charge in [0.2, 0.25) is 0 Å². The van der Waals surface area contributed by atoms with Gasteiger partial charge in [0.05, 0.1) is 5.02 Å². The number of anilines is 1. The molecule has 0 radical (unpaired) electrons. The van der Waals surface area contributed by atoms with Gasteiger partial charge in [-0.05, 0) is 42.0 Å². The Balaban J connectivity index is 1.95. The van der Waals surface area contributed by atoms with Gasteiger partial charge in [-0.1, -0.05) is 17.7 Å². The van der Waals surface area contributed by atoms with Crippen LogP contribution >= 0.6 is 11.6 Å². The fraction of sp³-hybridized carbons (Fsp3) is 0.143. The molecular formula is C14H11ClF3NO. The van der Waals surface area contributed by atoms with Crippen LogP contribution in [0.3, 0.4) is 0 Å². The summed E-state index contributed by atoms with van der Waals surface area (Å²) in [5.74, 6) is -0.394. The minimum Gasteiger partial charge on any atom is -0.435 e. The molecule has 0 fully saturated rings. The van der Waals surface area contributed by atoms with E-state index in [1.807, 2.05) is 0 Å². The molecule has 0 amide bonds. The van der Waals surface area contributed by atoms with Crippen LogP contribution in [0.15, 0.2) is 42.5 Å². The van der Waals surface area contributed by atoms with E-state index in [4.69, 9.17) is 11.6 Å². The molecule has 2 aromatic carbocycles. The molecule has 2 nitrogen and oxygen atoms in total. The van der Waals surface area contributed by atoms with E-state index in [0.717, 1.165) is 5.56 Å². The summed E-state index contributed by atoms with van der Waals surface area (Å²) >= 11 is 5.59. The van der Waals surface area contributed by atoms with Crippen molar-refractivity contribution in [2.24, 2.45) is 0 Å². The second kappa shape index (κ2) is 6.52. The number of nitrogens with one attached hydrogen (secondary N) is 1. The van der Waals surface area contributed by atoms with Gasteiger partial charge in [0, 0.05) is 12.2 Å². The summed E-state index contributed by atoms with van der Waals surface area (Å²) in [7, 11) is 0. The van der Waals surface area contributed by atoms with Crippen LogP contribution in [-0.2, 0) is 6.54 Å². The summed E-state index contributed by atoms with van der Waals surface area (Å²) in [5, 5.41) is 3.11. The van der Waals surface area contributed by atoms with E-state index in [0.29, 0.717) is 12.2 Å². The standard InChI is InChI=1S/C14H11ClF3NO/c15-12-6-1-9(7-13(12)16)8-19-10-2-4-11(5-3-10)20-14(17)18/h1-7,14,19H,8H2. The number of benzene rings is 2. The van der Waals surface area contributed by atoms with Gasteiger partial charge in [-0.25, -0.2) is 4.39 Å². The normalized spacial score (nSPS) is 10.7. The Labute approximate surface area is 119 Å². The van der Waals surface area contributed by atoms with Gasteiger partial charge in [-0.15, -0.1) is 0 Å². The lowest BCUT2D eigenvalue weighted by Gasteiger charge is -2.09. The average molecular weight is 302 g/mol. The van der Waals surface area contributed by atoms with Crippen LogP contribution in [0.25, 0.3) is 0 Å². The fourth-order valence-electron chi connectivity index (χ4n) is 1.61. The number of ether oxygens (including phenoxy) is 1. The Morgan fingerprint density at radius 1 is 1.10 bits per heavy atom. The zero-order chi connectivity index (χ0) is 14.5. The van der Waals surface area contributed by atoms with Crippen molar-refractivity contribution in [3.8, 4) is 5.75 Å². The molecule has 0 aliphatic carbocycles. The second-order valence-electron chi connectivity index (χ2n) is 4.00. The highest BCUT2D eigenvalue weighted by Crippen LogP contribution is 2.19. The highest BCUT2D eigenvalue weighted by Gasteiger charge is 2.04. The Kier molecular flexibility index (Phi) is 4.74. The molecule has 0 bridgehead atoms. The van der Waals surface area contributed by atoms with Gasteiger partial charge in [0.15, 0.2) is 0 Å². The van der Waals surface area contributed by atoms with E-state index in [9.17, 15) is 13.2 Å². The smallest absolute Gasteiger partial charge is 0.387 e. The number of alkyl halides is 2. The van der Waals surface area contributed by atoms with Crippen molar-refractivity contribution in [3.05, 3.63) is 58.9 Å². The third-order valence-corrected chi connectivity index (χ3v) is 2.87.